The highest BCUT2D eigenvalue weighted by atomic mass is 32.1. The molecule has 2 aromatic heterocycles. The van der Waals surface area contributed by atoms with Crippen molar-refractivity contribution in [3.63, 3.8) is 0 Å². The van der Waals surface area contributed by atoms with Crippen LogP contribution in [0.1, 0.15) is 27.9 Å². The second-order valence-electron chi connectivity index (χ2n) is 5.00. The molecule has 0 saturated heterocycles. The minimum absolute atomic E-state index is 0.363. The van der Waals surface area contributed by atoms with Gasteiger partial charge in [-0.2, -0.15) is 0 Å². The Labute approximate surface area is 131 Å². The molecule has 6 heteroatoms. The number of carboxylic acids is 1. The van der Waals surface area contributed by atoms with Crippen LogP contribution >= 0.6 is 11.3 Å². The number of aryl methyl sites for hydroxylation is 2. The van der Waals surface area contributed by atoms with Gasteiger partial charge in [0.1, 0.15) is 10.6 Å². The number of nitrogens with zero attached hydrogens (tertiary/aromatic N) is 2. The normalized spacial score (nSPS) is 11.0. The molecular weight excluding hydrogens is 300 g/mol. The molecule has 1 N–H and O–H groups in total. The monoisotopic (exact) mass is 316 g/mol. The van der Waals surface area contributed by atoms with Crippen LogP contribution in [0.2, 0.25) is 0 Å². The molecule has 0 saturated carbocycles. The van der Waals surface area contributed by atoms with Crippen molar-refractivity contribution in [2.45, 2.75) is 20.3 Å². The number of ether oxygens (including phenoxy) is 1. The van der Waals surface area contributed by atoms with Crippen molar-refractivity contribution in [3.05, 3.63) is 40.5 Å². The van der Waals surface area contributed by atoms with Crippen molar-refractivity contribution < 1.29 is 14.6 Å². The van der Waals surface area contributed by atoms with Gasteiger partial charge in [0.2, 0.25) is 0 Å². The van der Waals surface area contributed by atoms with E-state index < -0.39 is 5.97 Å². The zero-order valence-corrected chi connectivity index (χ0v) is 13.4. The Morgan fingerprint density at radius 3 is 2.82 bits per heavy atom. The maximum absolute atomic E-state index is 11.3. The number of methoxy groups -OCH3 is 1. The van der Waals surface area contributed by atoms with E-state index in [9.17, 15) is 9.90 Å². The summed E-state index contributed by atoms with van der Waals surface area (Å²) in [6.45, 7) is 3.94. The number of hydrogen-bond donors (Lipinski definition) is 1. The molecule has 0 fully saturated rings. The molecule has 3 aromatic rings. The van der Waals surface area contributed by atoms with Crippen molar-refractivity contribution in [2.24, 2.45) is 0 Å². The highest BCUT2D eigenvalue weighted by Crippen LogP contribution is 2.30. The third kappa shape index (κ3) is 2.25. The lowest BCUT2D eigenvalue weighted by Crippen LogP contribution is -1.99. The van der Waals surface area contributed by atoms with Crippen LogP contribution in [-0.4, -0.2) is 27.6 Å². The second kappa shape index (κ2) is 5.46. The van der Waals surface area contributed by atoms with E-state index in [4.69, 9.17) is 4.74 Å². The van der Waals surface area contributed by atoms with Crippen molar-refractivity contribution in [1.82, 2.24) is 9.38 Å². The fraction of sp³-hybridized carbons (Fsp3) is 0.250. The van der Waals surface area contributed by atoms with Crippen LogP contribution in [0.4, 0.5) is 0 Å². The number of aromatic carboxylic acids is 1. The zero-order chi connectivity index (χ0) is 15.9. The molecule has 0 bridgehead atoms. The van der Waals surface area contributed by atoms with Crippen LogP contribution in [0.5, 0.6) is 5.75 Å². The quantitative estimate of drug-likeness (QED) is 0.798. The van der Waals surface area contributed by atoms with Crippen LogP contribution < -0.4 is 4.74 Å². The van der Waals surface area contributed by atoms with Crippen LogP contribution in [0.15, 0.2) is 24.4 Å². The SMILES string of the molecule is CCc1c(C(=O)O)sc2nc(-c3ccc(OC)c(C)c3)cn12. The molecule has 2 heterocycles. The average Bonchev–Trinajstić information content (AvgIpc) is 3.04. The third-order valence-electron chi connectivity index (χ3n) is 3.64. The molecular formula is C16H16N2O3S. The highest BCUT2D eigenvalue weighted by molar-refractivity contribution is 7.19. The summed E-state index contributed by atoms with van der Waals surface area (Å²) in [7, 11) is 1.65. The Kier molecular flexibility index (Phi) is 3.62. The summed E-state index contributed by atoms with van der Waals surface area (Å²) in [5.74, 6) is -0.0543. The summed E-state index contributed by atoms with van der Waals surface area (Å²) in [4.78, 5) is 16.9. The Morgan fingerprint density at radius 2 is 2.23 bits per heavy atom. The minimum Gasteiger partial charge on any atom is -0.496 e. The lowest BCUT2D eigenvalue weighted by molar-refractivity contribution is 0.0700. The Hall–Kier alpha value is -2.34. The topological polar surface area (TPSA) is 63.8 Å². The van der Waals surface area contributed by atoms with E-state index >= 15 is 0 Å². The van der Waals surface area contributed by atoms with Crippen LogP contribution in [-0.2, 0) is 6.42 Å². The molecule has 0 aliphatic heterocycles. The largest absolute Gasteiger partial charge is 0.496 e. The first-order valence-electron chi connectivity index (χ1n) is 6.94. The Morgan fingerprint density at radius 1 is 1.45 bits per heavy atom. The number of aromatic nitrogens is 2. The number of fused-ring (bicyclic) bond motifs is 1. The molecule has 22 heavy (non-hydrogen) atoms. The van der Waals surface area contributed by atoms with E-state index in [1.165, 1.54) is 11.3 Å². The number of hydrogen-bond acceptors (Lipinski definition) is 4. The number of carbonyl (C=O) groups is 1. The second-order valence-corrected chi connectivity index (χ2v) is 5.98. The van der Waals surface area contributed by atoms with E-state index in [0.29, 0.717) is 16.3 Å². The predicted molar refractivity (Wildman–Crippen MR) is 86.1 cm³/mol. The van der Waals surface area contributed by atoms with Gasteiger partial charge in [0.25, 0.3) is 0 Å². The number of thiazole rings is 1. The lowest BCUT2D eigenvalue weighted by Gasteiger charge is -2.05. The van der Waals surface area contributed by atoms with Gasteiger partial charge in [-0.25, -0.2) is 9.78 Å². The molecule has 1 aromatic carbocycles. The molecule has 3 rings (SSSR count). The summed E-state index contributed by atoms with van der Waals surface area (Å²) in [5, 5.41) is 9.25. The number of carboxylic acid groups (broad SMARTS) is 1. The molecule has 0 amide bonds. The smallest absolute Gasteiger partial charge is 0.347 e. The van der Waals surface area contributed by atoms with Crippen LogP contribution in [0.25, 0.3) is 16.2 Å². The fourth-order valence-corrected chi connectivity index (χ4v) is 3.60. The van der Waals surface area contributed by atoms with Gasteiger partial charge in [-0.1, -0.05) is 18.3 Å². The minimum atomic E-state index is -0.894. The predicted octanol–water partition coefficient (Wildman–Crippen LogP) is 3.64. The first-order valence-corrected chi connectivity index (χ1v) is 7.75. The molecule has 5 nitrogen and oxygen atoms in total. The Balaban J connectivity index is 2.11. The fourth-order valence-electron chi connectivity index (χ4n) is 2.56. The van der Waals surface area contributed by atoms with Gasteiger partial charge < -0.3 is 9.84 Å². The van der Waals surface area contributed by atoms with Gasteiger partial charge in [0.15, 0.2) is 4.96 Å². The summed E-state index contributed by atoms with van der Waals surface area (Å²) < 4.78 is 7.15. The van der Waals surface area contributed by atoms with Gasteiger partial charge in [0, 0.05) is 17.5 Å². The maximum Gasteiger partial charge on any atom is 0.347 e. The first kappa shape index (κ1) is 14.6. The van der Waals surface area contributed by atoms with Gasteiger partial charge in [-0.3, -0.25) is 4.40 Å². The van der Waals surface area contributed by atoms with E-state index in [1.54, 1.807) is 7.11 Å². The van der Waals surface area contributed by atoms with E-state index in [0.717, 1.165) is 28.3 Å². The molecule has 114 valence electrons. The lowest BCUT2D eigenvalue weighted by atomic mass is 10.1. The highest BCUT2D eigenvalue weighted by Gasteiger charge is 2.19. The van der Waals surface area contributed by atoms with Crippen molar-refractivity contribution >= 4 is 22.3 Å². The number of benzene rings is 1. The molecule has 0 unspecified atom stereocenters. The summed E-state index contributed by atoms with van der Waals surface area (Å²) in [6, 6.07) is 5.90. The van der Waals surface area contributed by atoms with Crippen molar-refractivity contribution in [3.8, 4) is 17.0 Å². The van der Waals surface area contributed by atoms with Crippen LogP contribution in [0.3, 0.4) is 0 Å². The standard InChI is InChI=1S/C16H16N2O3S/c1-4-12-14(15(19)20)22-16-17-11(8-18(12)16)10-5-6-13(21-3)9(2)7-10/h5-8H,4H2,1-3H3,(H,19,20). The first-order chi connectivity index (χ1) is 10.5. The van der Waals surface area contributed by atoms with Crippen LogP contribution in [0, 0.1) is 6.92 Å². The summed E-state index contributed by atoms with van der Waals surface area (Å²) in [5.41, 5.74) is 3.66. The molecule has 0 atom stereocenters. The van der Waals surface area contributed by atoms with Gasteiger partial charge in [-0.05, 0) is 37.1 Å². The summed E-state index contributed by atoms with van der Waals surface area (Å²) in [6.07, 6.45) is 2.55. The molecule has 0 radical (unpaired) electrons. The maximum atomic E-state index is 11.3. The Bertz CT molecular complexity index is 864. The average molecular weight is 316 g/mol. The molecule has 0 spiro atoms. The molecule has 0 aliphatic rings. The number of imidazole rings is 1. The molecule has 0 aliphatic carbocycles. The zero-order valence-electron chi connectivity index (χ0n) is 12.6. The van der Waals surface area contributed by atoms with Gasteiger partial charge >= 0.3 is 5.97 Å². The van der Waals surface area contributed by atoms with Crippen molar-refractivity contribution in [2.75, 3.05) is 7.11 Å². The third-order valence-corrected chi connectivity index (χ3v) is 4.72. The van der Waals surface area contributed by atoms with Gasteiger partial charge in [-0.15, -0.1) is 0 Å². The number of rotatable bonds is 4. The van der Waals surface area contributed by atoms with Gasteiger partial charge in [0.05, 0.1) is 12.8 Å². The van der Waals surface area contributed by atoms with Crippen molar-refractivity contribution in [1.29, 1.82) is 0 Å². The van der Waals surface area contributed by atoms with E-state index in [-0.39, 0.29) is 0 Å². The van der Waals surface area contributed by atoms with E-state index in [2.05, 4.69) is 4.98 Å². The van der Waals surface area contributed by atoms with E-state index in [1.807, 2.05) is 42.6 Å². The summed E-state index contributed by atoms with van der Waals surface area (Å²) >= 11 is 1.21.